The fourth-order valence-corrected chi connectivity index (χ4v) is 1.30. The molecule has 0 bridgehead atoms. The number of nitrogens with one attached hydrogen (secondary N) is 1. The predicted octanol–water partition coefficient (Wildman–Crippen LogP) is 0.853. The molecule has 0 aliphatic carbocycles. The summed E-state index contributed by atoms with van der Waals surface area (Å²) < 4.78 is 0. The van der Waals surface area contributed by atoms with Crippen LogP contribution in [0.2, 0.25) is 0 Å². The van der Waals surface area contributed by atoms with Crippen LogP contribution in [0.15, 0.2) is 12.2 Å². The molecule has 1 atom stereocenters. The summed E-state index contributed by atoms with van der Waals surface area (Å²) in [6, 6.07) is 0.494. The van der Waals surface area contributed by atoms with E-state index in [1.807, 2.05) is 7.05 Å². The molecule has 3 nitrogen and oxygen atoms in total. The smallest absolute Gasteiger partial charge is 0.0639 e. The third-order valence-corrected chi connectivity index (χ3v) is 1.83. The third kappa shape index (κ3) is 8.23. The molecular formula is C11H24N2O. The van der Waals surface area contributed by atoms with Gasteiger partial charge in [0.2, 0.25) is 0 Å². The molecule has 3 heteroatoms. The van der Waals surface area contributed by atoms with Crippen molar-refractivity contribution in [2.24, 2.45) is 0 Å². The number of hydrogen-bond donors (Lipinski definition) is 2. The summed E-state index contributed by atoms with van der Waals surface area (Å²) in [6.07, 6.45) is -0.272. The average molecular weight is 200 g/mol. The highest BCUT2D eigenvalue weighted by Gasteiger charge is 2.04. The Morgan fingerprint density at radius 3 is 2.43 bits per heavy atom. The van der Waals surface area contributed by atoms with Gasteiger partial charge in [0, 0.05) is 25.7 Å². The van der Waals surface area contributed by atoms with E-state index in [0.717, 1.165) is 18.7 Å². The largest absolute Gasteiger partial charge is 0.392 e. The quantitative estimate of drug-likeness (QED) is 0.598. The Balaban J connectivity index is 3.60. The zero-order valence-corrected chi connectivity index (χ0v) is 9.88. The molecule has 0 amide bonds. The molecule has 0 spiro atoms. The lowest BCUT2D eigenvalue weighted by molar-refractivity contribution is 0.146. The van der Waals surface area contributed by atoms with Crippen LogP contribution >= 0.6 is 0 Å². The summed E-state index contributed by atoms with van der Waals surface area (Å²) in [4.78, 5) is 2.08. The molecule has 0 aromatic carbocycles. The Hall–Kier alpha value is -0.380. The van der Waals surface area contributed by atoms with Crippen molar-refractivity contribution in [1.29, 1.82) is 0 Å². The summed E-state index contributed by atoms with van der Waals surface area (Å²) in [5, 5.41) is 12.5. The van der Waals surface area contributed by atoms with Gasteiger partial charge in [-0.3, -0.25) is 4.90 Å². The minimum Gasteiger partial charge on any atom is -0.392 e. The van der Waals surface area contributed by atoms with Crippen LogP contribution in [0.5, 0.6) is 0 Å². The standard InChI is InChI=1S/C11H24N2O/c1-9(2)12-6-10(3)7-13(5)8-11(4)14/h9,11-12,14H,3,6-8H2,1-2,4-5H3. The summed E-state index contributed by atoms with van der Waals surface area (Å²) in [6.45, 7) is 12.4. The highest BCUT2D eigenvalue weighted by Crippen LogP contribution is 1.95. The number of likely N-dealkylation sites (N-methyl/N-ethyl adjacent to an activating group) is 1. The van der Waals surface area contributed by atoms with Crippen molar-refractivity contribution < 1.29 is 5.11 Å². The first kappa shape index (κ1) is 13.6. The molecule has 0 rings (SSSR count). The van der Waals surface area contributed by atoms with Gasteiger partial charge in [-0.05, 0) is 19.5 Å². The van der Waals surface area contributed by atoms with Gasteiger partial charge in [0.05, 0.1) is 6.10 Å². The first-order chi connectivity index (χ1) is 6.41. The van der Waals surface area contributed by atoms with Crippen molar-refractivity contribution in [1.82, 2.24) is 10.2 Å². The molecule has 14 heavy (non-hydrogen) atoms. The molecule has 0 aromatic heterocycles. The number of nitrogens with zero attached hydrogens (tertiary/aromatic N) is 1. The molecule has 0 heterocycles. The molecular weight excluding hydrogens is 176 g/mol. The number of aliphatic hydroxyl groups excluding tert-OH is 1. The third-order valence-electron chi connectivity index (χ3n) is 1.83. The topological polar surface area (TPSA) is 35.5 Å². The molecule has 0 aliphatic heterocycles. The van der Waals surface area contributed by atoms with Crippen molar-refractivity contribution in [3.05, 3.63) is 12.2 Å². The minimum atomic E-state index is -0.272. The van der Waals surface area contributed by atoms with Gasteiger partial charge in [0.25, 0.3) is 0 Å². The van der Waals surface area contributed by atoms with E-state index >= 15 is 0 Å². The van der Waals surface area contributed by atoms with Crippen LogP contribution in [-0.2, 0) is 0 Å². The summed E-state index contributed by atoms with van der Waals surface area (Å²) in [5.74, 6) is 0. The highest BCUT2D eigenvalue weighted by molar-refractivity contribution is 4.99. The van der Waals surface area contributed by atoms with E-state index in [-0.39, 0.29) is 6.10 Å². The SMILES string of the molecule is C=C(CNC(C)C)CN(C)CC(C)O. The maximum atomic E-state index is 9.17. The molecule has 2 N–H and O–H groups in total. The second-order valence-corrected chi connectivity index (χ2v) is 4.33. The van der Waals surface area contributed by atoms with E-state index in [1.54, 1.807) is 6.92 Å². The maximum Gasteiger partial charge on any atom is 0.0639 e. The van der Waals surface area contributed by atoms with Gasteiger partial charge in [-0.1, -0.05) is 20.4 Å². The maximum absolute atomic E-state index is 9.17. The van der Waals surface area contributed by atoms with Crippen molar-refractivity contribution in [3.8, 4) is 0 Å². The van der Waals surface area contributed by atoms with Gasteiger partial charge in [0.1, 0.15) is 0 Å². The fourth-order valence-electron chi connectivity index (χ4n) is 1.30. The van der Waals surface area contributed by atoms with E-state index < -0.39 is 0 Å². The van der Waals surface area contributed by atoms with Crippen LogP contribution < -0.4 is 5.32 Å². The lowest BCUT2D eigenvalue weighted by Crippen LogP contribution is -2.32. The van der Waals surface area contributed by atoms with Gasteiger partial charge in [-0.25, -0.2) is 0 Å². The zero-order chi connectivity index (χ0) is 11.1. The van der Waals surface area contributed by atoms with Gasteiger partial charge in [0.15, 0.2) is 0 Å². The average Bonchev–Trinajstić information content (AvgIpc) is 1.98. The van der Waals surface area contributed by atoms with E-state index in [0.29, 0.717) is 12.6 Å². The molecule has 84 valence electrons. The van der Waals surface area contributed by atoms with E-state index in [1.165, 1.54) is 0 Å². The lowest BCUT2D eigenvalue weighted by atomic mass is 10.2. The molecule has 0 aromatic rings. The van der Waals surface area contributed by atoms with Gasteiger partial charge < -0.3 is 10.4 Å². The molecule has 0 radical (unpaired) electrons. The van der Waals surface area contributed by atoms with Gasteiger partial charge in [-0.15, -0.1) is 0 Å². The molecule has 1 unspecified atom stereocenters. The summed E-state index contributed by atoms with van der Waals surface area (Å²) >= 11 is 0. The Morgan fingerprint density at radius 1 is 1.43 bits per heavy atom. The van der Waals surface area contributed by atoms with Gasteiger partial charge in [-0.2, -0.15) is 0 Å². The van der Waals surface area contributed by atoms with Crippen molar-refractivity contribution in [2.45, 2.75) is 32.9 Å². The molecule has 0 aliphatic rings. The molecule has 0 saturated heterocycles. The predicted molar refractivity (Wildman–Crippen MR) is 61.5 cm³/mol. The van der Waals surface area contributed by atoms with Crippen LogP contribution in [0, 0.1) is 0 Å². The van der Waals surface area contributed by atoms with Crippen molar-refractivity contribution >= 4 is 0 Å². The van der Waals surface area contributed by atoms with E-state index in [4.69, 9.17) is 5.11 Å². The van der Waals surface area contributed by atoms with Crippen LogP contribution in [0.1, 0.15) is 20.8 Å². The van der Waals surface area contributed by atoms with E-state index in [9.17, 15) is 0 Å². The van der Waals surface area contributed by atoms with Crippen LogP contribution in [0.3, 0.4) is 0 Å². The Bertz CT molecular complexity index is 167. The van der Waals surface area contributed by atoms with Crippen molar-refractivity contribution in [3.63, 3.8) is 0 Å². The van der Waals surface area contributed by atoms with Crippen molar-refractivity contribution in [2.75, 3.05) is 26.7 Å². The first-order valence-corrected chi connectivity index (χ1v) is 5.18. The lowest BCUT2D eigenvalue weighted by Gasteiger charge is -2.20. The van der Waals surface area contributed by atoms with Gasteiger partial charge >= 0.3 is 0 Å². The first-order valence-electron chi connectivity index (χ1n) is 5.18. The van der Waals surface area contributed by atoms with E-state index in [2.05, 4.69) is 30.6 Å². The van der Waals surface area contributed by atoms with Crippen LogP contribution in [-0.4, -0.2) is 48.8 Å². The molecule has 0 saturated carbocycles. The number of aliphatic hydroxyl groups is 1. The fraction of sp³-hybridized carbons (Fsp3) is 0.818. The van der Waals surface area contributed by atoms with Crippen LogP contribution in [0.25, 0.3) is 0 Å². The summed E-state index contributed by atoms with van der Waals surface area (Å²) in [7, 11) is 1.99. The monoisotopic (exact) mass is 200 g/mol. The normalized spacial score (nSPS) is 13.6. The number of rotatable bonds is 7. The summed E-state index contributed by atoms with van der Waals surface area (Å²) in [5.41, 5.74) is 1.15. The second-order valence-electron chi connectivity index (χ2n) is 4.33. The minimum absolute atomic E-state index is 0.272. The Labute approximate surface area is 87.8 Å². The molecule has 0 fully saturated rings. The second kappa shape index (κ2) is 6.98. The Morgan fingerprint density at radius 2 is 2.00 bits per heavy atom. The van der Waals surface area contributed by atoms with Crippen LogP contribution in [0.4, 0.5) is 0 Å². The number of hydrogen-bond acceptors (Lipinski definition) is 3. The highest BCUT2D eigenvalue weighted by atomic mass is 16.3. The Kier molecular flexibility index (Phi) is 6.79. The zero-order valence-electron chi connectivity index (χ0n) is 9.88.